The van der Waals surface area contributed by atoms with E-state index in [1.807, 2.05) is 12.3 Å². The number of carbonyl (C=O) groups is 1. The molecule has 2 fully saturated rings. The summed E-state index contributed by atoms with van der Waals surface area (Å²) in [5.74, 6) is 0.0529. The molecule has 4 nitrogen and oxygen atoms in total. The van der Waals surface area contributed by atoms with E-state index in [9.17, 15) is 4.79 Å². The molecule has 1 saturated carbocycles. The normalized spacial score (nSPS) is 21.2. The predicted octanol–water partition coefficient (Wildman–Crippen LogP) is 3.19. The number of halogens is 1. The molecule has 0 radical (unpaired) electrons. The minimum Gasteiger partial charge on any atom is -0.347 e. The number of hydrogen-bond acceptors (Lipinski definition) is 2. The zero-order valence-electron chi connectivity index (χ0n) is 12.6. The fraction of sp³-hybridized carbons (Fsp3) is 0.688. The van der Waals surface area contributed by atoms with Gasteiger partial charge in [-0.1, -0.05) is 6.42 Å². The van der Waals surface area contributed by atoms with Crippen LogP contribution in [0.4, 0.5) is 0 Å². The first kappa shape index (κ1) is 15.1. The van der Waals surface area contributed by atoms with Gasteiger partial charge in [-0.2, -0.15) is 0 Å². The largest absolute Gasteiger partial charge is 0.347 e. The molecule has 1 aromatic rings. The molecule has 1 unspecified atom stereocenters. The molecular weight excluding hydrogens is 330 g/mol. The van der Waals surface area contributed by atoms with Crippen molar-refractivity contribution in [3.8, 4) is 0 Å². The summed E-state index contributed by atoms with van der Waals surface area (Å²) in [6.07, 6.45) is 8.33. The second kappa shape index (κ2) is 6.53. The molecular formula is C16H24BrN3O. The van der Waals surface area contributed by atoms with Crippen LogP contribution in [0, 0.1) is 0 Å². The van der Waals surface area contributed by atoms with Gasteiger partial charge in [-0.3, -0.25) is 4.79 Å². The van der Waals surface area contributed by atoms with Gasteiger partial charge in [-0.05, 0) is 67.7 Å². The Hall–Kier alpha value is -0.810. The monoisotopic (exact) mass is 353 g/mol. The van der Waals surface area contributed by atoms with Crippen LogP contribution in [0.3, 0.4) is 0 Å². The Morgan fingerprint density at radius 1 is 1.38 bits per heavy atom. The number of aromatic nitrogens is 1. The van der Waals surface area contributed by atoms with Crippen LogP contribution < -0.4 is 5.32 Å². The van der Waals surface area contributed by atoms with Crippen molar-refractivity contribution in [2.75, 3.05) is 19.6 Å². The third kappa shape index (κ3) is 3.89. The third-order valence-corrected chi connectivity index (χ3v) is 4.78. The lowest BCUT2D eigenvalue weighted by atomic mass is 10.1. The molecule has 1 saturated heterocycles. The van der Waals surface area contributed by atoms with E-state index in [0.29, 0.717) is 6.04 Å². The highest BCUT2D eigenvalue weighted by atomic mass is 79.9. The van der Waals surface area contributed by atoms with Gasteiger partial charge in [0.05, 0.1) is 0 Å². The number of nitrogens with zero attached hydrogens (tertiary/aromatic N) is 2. The van der Waals surface area contributed by atoms with Crippen molar-refractivity contribution in [2.24, 2.45) is 0 Å². The van der Waals surface area contributed by atoms with Crippen LogP contribution in [-0.4, -0.2) is 41.1 Å². The number of piperidine rings is 1. The molecule has 1 atom stereocenters. The van der Waals surface area contributed by atoms with Crippen molar-refractivity contribution in [2.45, 2.75) is 51.1 Å². The van der Waals surface area contributed by atoms with Gasteiger partial charge in [0.15, 0.2) is 0 Å². The minimum absolute atomic E-state index is 0.0529. The SMILES string of the molecule is CC(CN1CCCCC1)NC(=O)c1cc(Br)cn1C1CC1. The fourth-order valence-corrected chi connectivity index (χ4v) is 3.59. The smallest absolute Gasteiger partial charge is 0.268 e. The molecule has 3 rings (SSSR count). The van der Waals surface area contributed by atoms with Crippen molar-refractivity contribution < 1.29 is 4.79 Å². The number of carbonyl (C=O) groups excluding carboxylic acids is 1. The van der Waals surface area contributed by atoms with Crippen LogP contribution in [0.5, 0.6) is 0 Å². The zero-order valence-corrected chi connectivity index (χ0v) is 14.2. The number of amides is 1. The van der Waals surface area contributed by atoms with Crippen molar-refractivity contribution in [1.82, 2.24) is 14.8 Å². The lowest BCUT2D eigenvalue weighted by Gasteiger charge is -2.29. The number of hydrogen-bond donors (Lipinski definition) is 1. The van der Waals surface area contributed by atoms with E-state index in [-0.39, 0.29) is 11.9 Å². The lowest BCUT2D eigenvalue weighted by Crippen LogP contribution is -2.44. The molecule has 2 heterocycles. The van der Waals surface area contributed by atoms with Gasteiger partial charge in [0.2, 0.25) is 0 Å². The van der Waals surface area contributed by atoms with E-state index in [4.69, 9.17) is 0 Å². The maximum absolute atomic E-state index is 12.5. The van der Waals surface area contributed by atoms with E-state index in [0.717, 1.165) is 16.7 Å². The quantitative estimate of drug-likeness (QED) is 0.882. The van der Waals surface area contributed by atoms with Crippen molar-refractivity contribution in [1.29, 1.82) is 0 Å². The molecule has 0 bridgehead atoms. The maximum atomic E-state index is 12.5. The first-order valence-electron chi connectivity index (χ1n) is 8.04. The molecule has 0 spiro atoms. The fourth-order valence-electron chi connectivity index (χ4n) is 3.16. The van der Waals surface area contributed by atoms with Crippen molar-refractivity contribution in [3.63, 3.8) is 0 Å². The summed E-state index contributed by atoms with van der Waals surface area (Å²) in [6, 6.07) is 2.65. The molecule has 1 aromatic heterocycles. The first-order chi connectivity index (χ1) is 10.1. The van der Waals surface area contributed by atoms with Crippen LogP contribution in [0.2, 0.25) is 0 Å². The van der Waals surface area contributed by atoms with Crippen molar-refractivity contribution >= 4 is 21.8 Å². The van der Waals surface area contributed by atoms with E-state index >= 15 is 0 Å². The average Bonchev–Trinajstić information content (AvgIpc) is 3.22. The molecule has 1 aliphatic carbocycles. The molecule has 1 N–H and O–H groups in total. The molecule has 0 aromatic carbocycles. The zero-order chi connectivity index (χ0) is 14.8. The molecule has 21 heavy (non-hydrogen) atoms. The summed E-state index contributed by atoms with van der Waals surface area (Å²) in [5.41, 5.74) is 0.787. The Labute approximate surface area is 135 Å². The predicted molar refractivity (Wildman–Crippen MR) is 87.6 cm³/mol. The van der Waals surface area contributed by atoms with Gasteiger partial charge >= 0.3 is 0 Å². The van der Waals surface area contributed by atoms with Crippen LogP contribution in [0.1, 0.15) is 55.6 Å². The highest BCUT2D eigenvalue weighted by Gasteiger charge is 2.28. The van der Waals surface area contributed by atoms with Gasteiger partial charge in [-0.25, -0.2) is 0 Å². The number of likely N-dealkylation sites (tertiary alicyclic amines) is 1. The maximum Gasteiger partial charge on any atom is 0.268 e. The van der Waals surface area contributed by atoms with Crippen LogP contribution in [0.25, 0.3) is 0 Å². The summed E-state index contributed by atoms with van der Waals surface area (Å²) in [7, 11) is 0. The summed E-state index contributed by atoms with van der Waals surface area (Å²) >= 11 is 3.48. The van der Waals surface area contributed by atoms with Crippen molar-refractivity contribution in [3.05, 3.63) is 22.4 Å². The number of rotatable bonds is 5. The Balaban J connectivity index is 1.57. The minimum atomic E-state index is 0.0529. The molecule has 1 aliphatic heterocycles. The molecule has 5 heteroatoms. The Bertz CT molecular complexity index is 504. The highest BCUT2D eigenvalue weighted by molar-refractivity contribution is 9.10. The topological polar surface area (TPSA) is 37.3 Å². The second-order valence-corrected chi connectivity index (χ2v) is 7.33. The van der Waals surface area contributed by atoms with Crippen LogP contribution in [-0.2, 0) is 0 Å². The summed E-state index contributed by atoms with van der Waals surface area (Å²) in [4.78, 5) is 15.0. The molecule has 1 amide bonds. The van der Waals surface area contributed by atoms with Gasteiger partial charge < -0.3 is 14.8 Å². The van der Waals surface area contributed by atoms with E-state index in [1.165, 1.54) is 45.2 Å². The van der Waals surface area contributed by atoms with Gasteiger partial charge in [0.1, 0.15) is 5.69 Å². The average molecular weight is 354 g/mol. The standard InChI is InChI=1S/C16H24BrN3O/c1-12(10-19-7-3-2-4-8-19)18-16(21)15-9-13(17)11-20(15)14-5-6-14/h9,11-12,14H,2-8,10H2,1H3,(H,18,21). The van der Waals surface area contributed by atoms with E-state index in [1.54, 1.807) is 0 Å². The highest BCUT2D eigenvalue weighted by Crippen LogP contribution is 2.37. The first-order valence-corrected chi connectivity index (χ1v) is 8.83. The van der Waals surface area contributed by atoms with Gasteiger partial charge in [0.25, 0.3) is 5.91 Å². The van der Waals surface area contributed by atoms with Crippen LogP contribution in [0.15, 0.2) is 16.7 Å². The van der Waals surface area contributed by atoms with E-state index in [2.05, 4.69) is 37.6 Å². The molecule has 116 valence electrons. The Morgan fingerprint density at radius 2 is 2.10 bits per heavy atom. The summed E-state index contributed by atoms with van der Waals surface area (Å²) in [6.45, 7) is 5.40. The lowest BCUT2D eigenvalue weighted by molar-refractivity contribution is 0.0916. The Kier molecular flexibility index (Phi) is 4.69. The van der Waals surface area contributed by atoms with Gasteiger partial charge in [-0.15, -0.1) is 0 Å². The Morgan fingerprint density at radius 3 is 2.76 bits per heavy atom. The molecule has 2 aliphatic rings. The third-order valence-electron chi connectivity index (χ3n) is 4.35. The second-order valence-electron chi connectivity index (χ2n) is 6.42. The van der Waals surface area contributed by atoms with Crippen LogP contribution >= 0.6 is 15.9 Å². The summed E-state index contributed by atoms with van der Waals surface area (Å²) in [5, 5.41) is 3.16. The summed E-state index contributed by atoms with van der Waals surface area (Å²) < 4.78 is 3.11. The van der Waals surface area contributed by atoms with E-state index < -0.39 is 0 Å². The number of nitrogens with one attached hydrogen (secondary N) is 1. The van der Waals surface area contributed by atoms with Gasteiger partial charge in [0, 0.05) is 29.3 Å².